The second kappa shape index (κ2) is 7.73. The highest BCUT2D eigenvalue weighted by molar-refractivity contribution is 6.74. The van der Waals surface area contributed by atoms with E-state index < -0.39 is 17.1 Å². The molecule has 108 valence electrons. The highest BCUT2D eigenvalue weighted by Crippen LogP contribution is 2.30. The molecule has 1 aliphatic rings. The molecule has 0 N–H and O–H groups in total. The van der Waals surface area contributed by atoms with Crippen molar-refractivity contribution in [2.45, 2.75) is 37.5 Å². The molecule has 18 heavy (non-hydrogen) atoms. The fourth-order valence-electron chi connectivity index (χ4n) is 2.23. The molecule has 1 heterocycles. The number of ether oxygens (including phenoxy) is 1. The molecule has 0 aliphatic carbocycles. The van der Waals surface area contributed by atoms with Gasteiger partial charge in [-0.1, -0.05) is 6.42 Å². The van der Waals surface area contributed by atoms with Gasteiger partial charge in [-0.15, -0.1) is 0 Å². The Hall–Kier alpha value is 0.234. The van der Waals surface area contributed by atoms with E-state index in [1.165, 1.54) is 18.9 Å². The molecule has 1 aliphatic heterocycles. The van der Waals surface area contributed by atoms with Crippen molar-refractivity contribution in [1.82, 2.24) is 0 Å². The van der Waals surface area contributed by atoms with Crippen LogP contribution in [-0.2, 0) is 22.4 Å². The van der Waals surface area contributed by atoms with Crippen LogP contribution in [-0.4, -0.2) is 51.9 Å². The second-order valence-corrected chi connectivity index (χ2v) is 12.1. The van der Waals surface area contributed by atoms with E-state index in [1.54, 1.807) is 21.3 Å². The molecule has 0 aromatic heterocycles. The lowest BCUT2D eigenvalue weighted by Crippen LogP contribution is -2.47. The zero-order chi connectivity index (χ0) is 13.5. The number of rotatable bonds is 8. The summed E-state index contributed by atoms with van der Waals surface area (Å²) in [5.74, 6) is 0. The summed E-state index contributed by atoms with van der Waals surface area (Å²) in [5, 5.41) is 0. The van der Waals surface area contributed by atoms with Gasteiger partial charge in [0.25, 0.3) is 0 Å². The molecule has 1 rings (SSSR count). The minimum absolute atomic E-state index is 0.215. The lowest BCUT2D eigenvalue weighted by Gasteiger charge is -2.34. The van der Waals surface area contributed by atoms with Crippen molar-refractivity contribution >= 4 is 17.1 Å². The monoisotopic (exact) mass is 294 g/mol. The van der Waals surface area contributed by atoms with E-state index in [0.717, 1.165) is 18.7 Å². The van der Waals surface area contributed by atoms with E-state index in [4.69, 9.17) is 22.4 Å². The maximum atomic E-state index is 6.02. The van der Waals surface area contributed by atoms with Crippen molar-refractivity contribution in [3.05, 3.63) is 0 Å². The maximum absolute atomic E-state index is 6.02. The molecule has 0 spiro atoms. The summed E-state index contributed by atoms with van der Waals surface area (Å²) in [6.45, 7) is 3.43. The predicted octanol–water partition coefficient (Wildman–Crippen LogP) is 2.22. The molecule has 0 bridgehead atoms. The van der Waals surface area contributed by atoms with Gasteiger partial charge in [-0.25, -0.2) is 0 Å². The van der Waals surface area contributed by atoms with Crippen LogP contribution < -0.4 is 0 Å². The van der Waals surface area contributed by atoms with Gasteiger partial charge >= 0.3 is 8.80 Å². The Labute approximate surface area is 112 Å². The first-order valence-corrected chi connectivity index (χ1v) is 11.2. The highest BCUT2D eigenvalue weighted by atomic mass is 28.4. The van der Waals surface area contributed by atoms with Crippen molar-refractivity contribution in [1.29, 1.82) is 0 Å². The van der Waals surface area contributed by atoms with Gasteiger partial charge in [-0.05, 0) is 25.1 Å². The van der Waals surface area contributed by atoms with E-state index in [9.17, 15) is 0 Å². The van der Waals surface area contributed by atoms with E-state index in [-0.39, 0.29) is 6.79 Å². The van der Waals surface area contributed by atoms with Crippen LogP contribution in [0.2, 0.25) is 24.7 Å². The third kappa shape index (κ3) is 4.73. The fourth-order valence-corrected chi connectivity index (χ4v) is 9.00. The van der Waals surface area contributed by atoms with Crippen LogP contribution in [0.3, 0.4) is 0 Å². The molecule has 5 nitrogen and oxygen atoms in total. The molecule has 0 aromatic rings. The second-order valence-electron chi connectivity index (χ2n) is 4.90. The number of hydrogen-bond acceptors (Lipinski definition) is 5. The molecule has 0 aromatic carbocycles. The molecule has 1 fully saturated rings. The van der Waals surface area contributed by atoms with Gasteiger partial charge in [0.1, 0.15) is 6.79 Å². The normalized spacial score (nSPS) is 25.3. The molecule has 0 saturated carbocycles. The molecular formula is C11H26O5Si2. The summed E-state index contributed by atoms with van der Waals surface area (Å²) in [6.07, 6.45) is 2.48. The van der Waals surface area contributed by atoms with Crippen LogP contribution in [0.1, 0.15) is 12.8 Å². The van der Waals surface area contributed by atoms with Crippen LogP contribution >= 0.6 is 0 Å². The fraction of sp³-hybridized carbons (Fsp3) is 1.00. The molecule has 7 heteroatoms. The van der Waals surface area contributed by atoms with Crippen LogP contribution in [0.5, 0.6) is 0 Å². The average molecular weight is 294 g/mol. The minimum Gasteiger partial charge on any atom is -0.417 e. The first-order valence-electron chi connectivity index (χ1n) is 6.47. The van der Waals surface area contributed by atoms with Crippen molar-refractivity contribution < 1.29 is 22.4 Å². The molecule has 0 radical (unpaired) electrons. The van der Waals surface area contributed by atoms with Gasteiger partial charge in [0.05, 0.1) is 0 Å². The summed E-state index contributed by atoms with van der Waals surface area (Å²) in [4.78, 5) is 0. The quantitative estimate of drug-likeness (QED) is 0.507. The molecule has 1 atom stereocenters. The molecule has 1 unspecified atom stereocenters. The van der Waals surface area contributed by atoms with Crippen LogP contribution in [0.4, 0.5) is 0 Å². The summed E-state index contributed by atoms with van der Waals surface area (Å²) >= 11 is 0. The third-order valence-corrected chi connectivity index (χ3v) is 10.3. The van der Waals surface area contributed by atoms with Gasteiger partial charge in [0, 0.05) is 34.0 Å². The lowest BCUT2D eigenvalue weighted by atomic mass is 10.4. The summed E-state index contributed by atoms with van der Waals surface area (Å²) < 4.78 is 27.6. The number of methoxy groups -OCH3 is 1. The van der Waals surface area contributed by atoms with Gasteiger partial charge in [0.2, 0.25) is 0 Å². The average Bonchev–Trinajstić information content (AvgIpc) is 2.41. The topological polar surface area (TPSA) is 46.2 Å². The van der Waals surface area contributed by atoms with Gasteiger partial charge < -0.3 is 22.4 Å². The Morgan fingerprint density at radius 1 is 1.17 bits per heavy atom. The van der Waals surface area contributed by atoms with E-state index in [2.05, 4.69) is 6.55 Å². The van der Waals surface area contributed by atoms with Crippen molar-refractivity contribution in [3.63, 3.8) is 0 Å². The van der Waals surface area contributed by atoms with E-state index in [0.29, 0.717) is 0 Å². The molecule has 1 saturated heterocycles. The standard InChI is InChI=1S/C11H26O5Si2/c1-12-11-16-18(13-2,14-3)10-9-17(4)8-6-5-7-15-17/h5-11H2,1-4H3. The first kappa shape index (κ1) is 16.3. The highest BCUT2D eigenvalue weighted by Gasteiger charge is 2.43. The first-order chi connectivity index (χ1) is 8.60. The lowest BCUT2D eigenvalue weighted by molar-refractivity contribution is -0.0103. The Bertz CT molecular complexity index is 229. The van der Waals surface area contributed by atoms with E-state index in [1.807, 2.05) is 0 Å². The molecular weight excluding hydrogens is 268 g/mol. The summed E-state index contributed by atoms with van der Waals surface area (Å²) in [7, 11) is 0.772. The van der Waals surface area contributed by atoms with Crippen molar-refractivity contribution in [2.75, 3.05) is 34.7 Å². The zero-order valence-corrected chi connectivity index (χ0v) is 14.0. The smallest absolute Gasteiger partial charge is 0.417 e. The summed E-state index contributed by atoms with van der Waals surface area (Å²) in [5.41, 5.74) is 0. The third-order valence-electron chi connectivity index (χ3n) is 3.53. The van der Waals surface area contributed by atoms with Crippen molar-refractivity contribution in [3.8, 4) is 0 Å². The van der Waals surface area contributed by atoms with Gasteiger partial charge in [-0.2, -0.15) is 0 Å². The zero-order valence-electron chi connectivity index (χ0n) is 12.0. The Balaban J connectivity index is 2.49. The van der Waals surface area contributed by atoms with E-state index >= 15 is 0 Å². The van der Waals surface area contributed by atoms with Crippen LogP contribution in [0, 0.1) is 0 Å². The predicted molar refractivity (Wildman–Crippen MR) is 74.0 cm³/mol. The Morgan fingerprint density at radius 3 is 2.39 bits per heavy atom. The number of hydrogen-bond donors (Lipinski definition) is 0. The van der Waals surface area contributed by atoms with Gasteiger partial charge in [-0.3, -0.25) is 0 Å². The Kier molecular flexibility index (Phi) is 7.00. The maximum Gasteiger partial charge on any atom is 0.501 e. The molecule has 0 amide bonds. The minimum atomic E-state index is -2.57. The SMILES string of the molecule is COCO[Si](CC[Si]1(C)CCCCO1)(OC)OC. The van der Waals surface area contributed by atoms with Gasteiger partial charge in [0.15, 0.2) is 8.32 Å². The van der Waals surface area contributed by atoms with Crippen LogP contribution in [0.25, 0.3) is 0 Å². The Morgan fingerprint density at radius 2 is 1.89 bits per heavy atom. The largest absolute Gasteiger partial charge is 0.501 e. The van der Waals surface area contributed by atoms with Crippen LogP contribution in [0.15, 0.2) is 0 Å². The summed E-state index contributed by atoms with van der Waals surface area (Å²) in [6, 6.07) is 3.08. The van der Waals surface area contributed by atoms with Crippen molar-refractivity contribution in [2.24, 2.45) is 0 Å².